The van der Waals surface area contributed by atoms with Crippen LogP contribution in [0, 0.1) is 0 Å². The molecule has 1 atom stereocenters. The highest BCUT2D eigenvalue weighted by atomic mass is 19.4. The molecule has 1 amide bonds. The summed E-state index contributed by atoms with van der Waals surface area (Å²) in [6.45, 7) is 2.30. The largest absolute Gasteiger partial charge is 0.478 e. The molecule has 5 aromatic carbocycles. The van der Waals surface area contributed by atoms with Gasteiger partial charge in [-0.2, -0.15) is 13.2 Å². The molecule has 8 heteroatoms. The first-order chi connectivity index (χ1) is 21.1. The molecule has 6 rings (SSSR count). The Hall–Kier alpha value is -5.37. The molecule has 0 aliphatic heterocycles. The Morgan fingerprint density at radius 1 is 0.795 bits per heavy atom. The Kier molecular flexibility index (Phi) is 7.43. The number of carboxylic acid groups (broad SMARTS) is 1. The highest BCUT2D eigenvalue weighted by molar-refractivity contribution is 6.08. The summed E-state index contributed by atoms with van der Waals surface area (Å²) in [5.74, 6) is -1.40. The van der Waals surface area contributed by atoms with Gasteiger partial charge in [0.2, 0.25) is 0 Å². The quantitative estimate of drug-likeness (QED) is 0.195. The number of carboxylic acids is 1. The highest BCUT2D eigenvalue weighted by Gasteiger charge is 2.30. The number of hydrogen-bond acceptors (Lipinski definition) is 2. The van der Waals surface area contributed by atoms with Crippen LogP contribution in [0.3, 0.4) is 0 Å². The second kappa shape index (κ2) is 11.4. The van der Waals surface area contributed by atoms with Gasteiger partial charge in [-0.1, -0.05) is 60.7 Å². The van der Waals surface area contributed by atoms with Gasteiger partial charge in [-0.15, -0.1) is 0 Å². The molecule has 2 N–H and O–H groups in total. The molecule has 1 aromatic heterocycles. The van der Waals surface area contributed by atoms with E-state index in [1.165, 1.54) is 24.3 Å². The minimum atomic E-state index is -4.45. The molecule has 0 aliphatic rings. The highest BCUT2D eigenvalue weighted by Crippen LogP contribution is 2.34. The fraction of sp³-hybridized carbons (Fsp3) is 0.111. The van der Waals surface area contributed by atoms with Crippen molar-refractivity contribution in [1.82, 2.24) is 9.88 Å². The molecule has 1 heterocycles. The van der Waals surface area contributed by atoms with Gasteiger partial charge in [0.25, 0.3) is 5.91 Å². The van der Waals surface area contributed by atoms with Crippen LogP contribution < -0.4 is 5.32 Å². The zero-order valence-corrected chi connectivity index (χ0v) is 23.6. The number of fused-ring (bicyclic) bond motifs is 2. The lowest BCUT2D eigenvalue weighted by Gasteiger charge is -2.17. The van der Waals surface area contributed by atoms with E-state index >= 15 is 0 Å². The van der Waals surface area contributed by atoms with Crippen molar-refractivity contribution in [3.8, 4) is 11.1 Å². The van der Waals surface area contributed by atoms with Crippen molar-refractivity contribution in [2.45, 2.75) is 25.7 Å². The predicted molar refractivity (Wildman–Crippen MR) is 165 cm³/mol. The average molecular weight is 593 g/mol. The monoisotopic (exact) mass is 592 g/mol. The molecule has 6 aromatic rings. The number of aromatic carboxylic acids is 1. The van der Waals surface area contributed by atoms with E-state index in [1.54, 1.807) is 25.1 Å². The lowest BCUT2D eigenvalue weighted by Crippen LogP contribution is -2.27. The molecular formula is C36H27F3N2O3. The fourth-order valence-corrected chi connectivity index (χ4v) is 5.48. The Labute approximate surface area is 251 Å². The van der Waals surface area contributed by atoms with Crippen LogP contribution in [0.15, 0.2) is 115 Å². The van der Waals surface area contributed by atoms with Crippen LogP contribution in [0.2, 0.25) is 0 Å². The number of benzene rings is 5. The Morgan fingerprint density at radius 2 is 1.50 bits per heavy atom. The van der Waals surface area contributed by atoms with Crippen molar-refractivity contribution in [2.24, 2.45) is 0 Å². The van der Waals surface area contributed by atoms with Crippen LogP contribution in [0.1, 0.15) is 50.4 Å². The van der Waals surface area contributed by atoms with Gasteiger partial charge < -0.3 is 15.0 Å². The van der Waals surface area contributed by atoms with E-state index < -0.39 is 23.8 Å². The van der Waals surface area contributed by atoms with Crippen LogP contribution in [-0.4, -0.2) is 21.6 Å². The summed E-state index contributed by atoms with van der Waals surface area (Å²) in [4.78, 5) is 25.2. The molecular weight excluding hydrogens is 565 g/mol. The molecule has 0 saturated heterocycles. The van der Waals surface area contributed by atoms with E-state index in [9.17, 15) is 27.9 Å². The molecule has 0 bridgehead atoms. The smallest absolute Gasteiger partial charge is 0.416 e. The van der Waals surface area contributed by atoms with Crippen molar-refractivity contribution in [3.05, 3.63) is 143 Å². The Bertz CT molecular complexity index is 2010. The third-order valence-electron chi connectivity index (χ3n) is 7.82. The first kappa shape index (κ1) is 28.7. The zero-order valence-electron chi connectivity index (χ0n) is 23.6. The van der Waals surface area contributed by atoms with Gasteiger partial charge in [0.15, 0.2) is 0 Å². The van der Waals surface area contributed by atoms with Crippen molar-refractivity contribution in [1.29, 1.82) is 0 Å². The number of carbonyl (C=O) groups excluding carboxylic acids is 1. The van der Waals surface area contributed by atoms with E-state index in [0.29, 0.717) is 28.8 Å². The summed E-state index contributed by atoms with van der Waals surface area (Å²) in [7, 11) is 0. The third-order valence-corrected chi connectivity index (χ3v) is 7.82. The summed E-state index contributed by atoms with van der Waals surface area (Å²) < 4.78 is 41.6. The average Bonchev–Trinajstić information content (AvgIpc) is 3.42. The maximum atomic E-state index is 13.9. The van der Waals surface area contributed by atoms with E-state index in [4.69, 9.17) is 0 Å². The van der Waals surface area contributed by atoms with E-state index in [0.717, 1.165) is 39.4 Å². The van der Waals surface area contributed by atoms with Gasteiger partial charge in [-0.05, 0) is 88.5 Å². The summed E-state index contributed by atoms with van der Waals surface area (Å²) in [5, 5.41) is 15.2. The molecule has 0 saturated carbocycles. The van der Waals surface area contributed by atoms with Crippen LogP contribution in [0.4, 0.5) is 13.2 Å². The second-order valence-corrected chi connectivity index (χ2v) is 10.8. The van der Waals surface area contributed by atoms with Gasteiger partial charge in [0, 0.05) is 18.1 Å². The number of alkyl halides is 3. The minimum Gasteiger partial charge on any atom is -0.478 e. The van der Waals surface area contributed by atoms with Crippen molar-refractivity contribution < 1.29 is 27.9 Å². The summed E-state index contributed by atoms with van der Waals surface area (Å²) in [5.41, 5.74) is 3.40. The number of hydrogen-bond donors (Lipinski definition) is 2. The summed E-state index contributed by atoms with van der Waals surface area (Å²) >= 11 is 0. The molecule has 0 aliphatic carbocycles. The van der Waals surface area contributed by atoms with Crippen LogP contribution in [0.25, 0.3) is 32.8 Å². The van der Waals surface area contributed by atoms with Crippen molar-refractivity contribution in [3.63, 3.8) is 0 Å². The fourth-order valence-electron chi connectivity index (χ4n) is 5.48. The van der Waals surface area contributed by atoms with Crippen molar-refractivity contribution >= 4 is 33.6 Å². The molecule has 0 fully saturated rings. The first-order valence-electron chi connectivity index (χ1n) is 14.0. The van der Waals surface area contributed by atoms with Gasteiger partial charge >= 0.3 is 12.1 Å². The van der Waals surface area contributed by atoms with Crippen LogP contribution in [-0.2, 0) is 12.7 Å². The SMILES string of the molecule is C[C@H](NC(=O)c1cc(-c2ccc(C(F)(F)F)cc2)cc2ccn(Cc3ccc4ccccc4c3)c12)c1ccc(C(=O)O)cc1. The Balaban J connectivity index is 1.40. The lowest BCUT2D eigenvalue weighted by molar-refractivity contribution is -0.137. The summed E-state index contributed by atoms with van der Waals surface area (Å²) in [6, 6.07) is 30.5. The number of halogens is 3. The number of aromatic nitrogens is 1. The van der Waals surface area contributed by atoms with E-state index in [1.807, 2.05) is 53.2 Å². The van der Waals surface area contributed by atoms with Gasteiger partial charge in [-0.3, -0.25) is 4.79 Å². The second-order valence-electron chi connectivity index (χ2n) is 10.8. The zero-order chi connectivity index (χ0) is 31.0. The number of rotatable bonds is 7. The van der Waals surface area contributed by atoms with Crippen molar-refractivity contribution in [2.75, 3.05) is 0 Å². The molecule has 0 radical (unpaired) electrons. The standard InChI is InChI=1S/C36H27F3N2O3/c1-22(24-8-10-27(11-9-24)35(43)44)40-34(42)32-20-30(26-12-14-31(15-13-26)36(37,38)39)19-29-16-17-41(33(29)32)21-23-6-7-25-4-2-3-5-28(25)18-23/h2-20,22H,21H2,1H3,(H,40,42)(H,43,44)/t22-/m0/s1. The summed E-state index contributed by atoms with van der Waals surface area (Å²) in [6.07, 6.45) is -2.55. The van der Waals surface area contributed by atoms with Gasteiger partial charge in [0.1, 0.15) is 0 Å². The number of amides is 1. The normalized spacial score (nSPS) is 12.4. The van der Waals surface area contributed by atoms with E-state index in [-0.39, 0.29) is 11.5 Å². The third kappa shape index (κ3) is 5.79. The topological polar surface area (TPSA) is 71.3 Å². The lowest BCUT2D eigenvalue weighted by atomic mass is 9.98. The number of carbonyl (C=O) groups is 2. The van der Waals surface area contributed by atoms with Gasteiger partial charge in [0.05, 0.1) is 28.2 Å². The molecule has 44 heavy (non-hydrogen) atoms. The van der Waals surface area contributed by atoms with Crippen LogP contribution in [0.5, 0.6) is 0 Å². The molecule has 220 valence electrons. The first-order valence-corrected chi connectivity index (χ1v) is 14.0. The maximum Gasteiger partial charge on any atom is 0.416 e. The minimum absolute atomic E-state index is 0.143. The predicted octanol–water partition coefficient (Wildman–Crippen LogP) is 8.72. The molecule has 0 unspecified atom stereocenters. The van der Waals surface area contributed by atoms with Gasteiger partial charge in [-0.25, -0.2) is 4.79 Å². The Morgan fingerprint density at radius 3 is 2.18 bits per heavy atom. The van der Waals surface area contributed by atoms with Crippen LogP contribution >= 0.6 is 0 Å². The molecule has 5 nitrogen and oxygen atoms in total. The maximum absolute atomic E-state index is 13.9. The molecule has 0 spiro atoms. The van der Waals surface area contributed by atoms with E-state index in [2.05, 4.69) is 17.4 Å². The number of nitrogens with one attached hydrogen (secondary N) is 1. The number of nitrogens with zero attached hydrogens (tertiary/aromatic N) is 1.